The number of likely N-dealkylation sites (N-methyl/N-ethyl adjacent to an activating group) is 1. The van der Waals surface area contributed by atoms with Gasteiger partial charge in [0.1, 0.15) is 13.2 Å². The molecule has 0 spiro atoms. The standard InChI is InChI=1S/C19H21NO2/c1-20(17-11-14-5-2-3-6-15(14)12-17)13-16-7-4-8-18-19(16)22-10-9-21-18/h2-8,17H,9-13H2,1H3. The Morgan fingerprint density at radius 2 is 1.68 bits per heavy atom. The highest BCUT2D eigenvalue weighted by atomic mass is 16.6. The molecule has 0 radical (unpaired) electrons. The van der Waals surface area contributed by atoms with Crippen LogP contribution in [0.15, 0.2) is 42.5 Å². The van der Waals surface area contributed by atoms with Crippen molar-refractivity contribution in [2.24, 2.45) is 0 Å². The lowest BCUT2D eigenvalue weighted by Crippen LogP contribution is -2.32. The van der Waals surface area contributed by atoms with Crippen LogP contribution in [0.4, 0.5) is 0 Å². The lowest BCUT2D eigenvalue weighted by atomic mass is 10.1. The molecule has 2 aliphatic rings. The number of hydrogen-bond acceptors (Lipinski definition) is 3. The van der Waals surface area contributed by atoms with Gasteiger partial charge >= 0.3 is 0 Å². The number of hydrogen-bond donors (Lipinski definition) is 0. The van der Waals surface area contributed by atoms with Gasteiger partial charge in [0, 0.05) is 18.2 Å². The predicted molar refractivity (Wildman–Crippen MR) is 86.5 cm³/mol. The van der Waals surface area contributed by atoms with E-state index in [1.807, 2.05) is 6.07 Å². The van der Waals surface area contributed by atoms with Crippen molar-refractivity contribution < 1.29 is 9.47 Å². The van der Waals surface area contributed by atoms with Gasteiger partial charge in [-0.2, -0.15) is 0 Å². The van der Waals surface area contributed by atoms with Crippen molar-refractivity contribution in [1.29, 1.82) is 0 Å². The molecule has 3 heteroatoms. The molecule has 3 nitrogen and oxygen atoms in total. The lowest BCUT2D eigenvalue weighted by Gasteiger charge is -2.27. The number of benzene rings is 2. The number of nitrogens with zero attached hydrogens (tertiary/aromatic N) is 1. The summed E-state index contributed by atoms with van der Waals surface area (Å²) in [7, 11) is 2.21. The first-order valence-corrected chi connectivity index (χ1v) is 7.96. The number of rotatable bonds is 3. The van der Waals surface area contributed by atoms with Gasteiger partial charge in [0.15, 0.2) is 11.5 Å². The van der Waals surface area contributed by atoms with Crippen LogP contribution in [-0.2, 0) is 19.4 Å². The predicted octanol–water partition coefficient (Wildman–Crippen LogP) is 3.06. The van der Waals surface area contributed by atoms with E-state index in [1.165, 1.54) is 16.7 Å². The topological polar surface area (TPSA) is 21.7 Å². The normalized spacial score (nSPS) is 16.8. The summed E-state index contributed by atoms with van der Waals surface area (Å²) in [6.45, 7) is 2.18. The number of para-hydroxylation sites is 1. The van der Waals surface area contributed by atoms with Crippen LogP contribution in [-0.4, -0.2) is 31.2 Å². The third kappa shape index (κ3) is 2.46. The summed E-state index contributed by atoms with van der Waals surface area (Å²) >= 11 is 0. The maximum absolute atomic E-state index is 5.83. The van der Waals surface area contributed by atoms with E-state index in [9.17, 15) is 0 Å². The van der Waals surface area contributed by atoms with E-state index >= 15 is 0 Å². The maximum Gasteiger partial charge on any atom is 0.165 e. The zero-order chi connectivity index (χ0) is 14.9. The summed E-state index contributed by atoms with van der Waals surface area (Å²) < 4.78 is 11.5. The maximum atomic E-state index is 5.83. The van der Waals surface area contributed by atoms with Crippen LogP contribution in [0, 0.1) is 0 Å². The summed E-state index contributed by atoms with van der Waals surface area (Å²) in [4.78, 5) is 2.44. The van der Waals surface area contributed by atoms with Gasteiger partial charge in [0.25, 0.3) is 0 Å². The molecule has 0 saturated carbocycles. The summed E-state index contributed by atoms with van der Waals surface area (Å²) in [5.74, 6) is 1.81. The fourth-order valence-electron chi connectivity index (χ4n) is 3.50. The molecular formula is C19H21NO2. The molecule has 0 atom stereocenters. The molecule has 1 aliphatic heterocycles. The lowest BCUT2D eigenvalue weighted by molar-refractivity contribution is 0.165. The minimum absolute atomic E-state index is 0.567. The second-order valence-corrected chi connectivity index (χ2v) is 6.19. The molecule has 22 heavy (non-hydrogen) atoms. The van der Waals surface area contributed by atoms with Gasteiger partial charge in [-0.15, -0.1) is 0 Å². The Bertz CT molecular complexity index is 658. The van der Waals surface area contributed by atoms with Crippen molar-refractivity contribution in [3.63, 3.8) is 0 Å². The average molecular weight is 295 g/mol. The SMILES string of the molecule is CN(Cc1cccc2c1OCCO2)C1Cc2ccccc2C1. The van der Waals surface area contributed by atoms with Crippen LogP contribution >= 0.6 is 0 Å². The first-order valence-electron chi connectivity index (χ1n) is 7.96. The highest BCUT2D eigenvalue weighted by Gasteiger charge is 2.25. The quantitative estimate of drug-likeness (QED) is 0.868. The molecule has 1 heterocycles. The molecule has 0 fully saturated rings. The van der Waals surface area contributed by atoms with Crippen LogP contribution in [0.5, 0.6) is 11.5 Å². The van der Waals surface area contributed by atoms with Gasteiger partial charge in [0.05, 0.1) is 0 Å². The number of ether oxygens (including phenoxy) is 2. The Labute approximate surface area is 131 Å². The molecule has 0 N–H and O–H groups in total. The van der Waals surface area contributed by atoms with E-state index < -0.39 is 0 Å². The Balaban J connectivity index is 1.51. The molecule has 0 saturated heterocycles. The Morgan fingerprint density at radius 3 is 2.45 bits per heavy atom. The molecule has 0 unspecified atom stereocenters. The molecule has 4 rings (SSSR count). The van der Waals surface area contributed by atoms with Gasteiger partial charge in [-0.05, 0) is 37.1 Å². The monoisotopic (exact) mass is 295 g/mol. The van der Waals surface area contributed by atoms with Gasteiger partial charge in [-0.25, -0.2) is 0 Å². The summed E-state index contributed by atoms with van der Waals surface area (Å²) in [6, 6.07) is 15.5. The molecular weight excluding hydrogens is 274 g/mol. The fourth-order valence-corrected chi connectivity index (χ4v) is 3.50. The molecule has 2 aromatic rings. The first kappa shape index (κ1) is 13.6. The second-order valence-electron chi connectivity index (χ2n) is 6.19. The number of fused-ring (bicyclic) bond motifs is 2. The Kier molecular flexibility index (Phi) is 3.51. The van der Waals surface area contributed by atoms with Crippen LogP contribution < -0.4 is 9.47 Å². The summed E-state index contributed by atoms with van der Waals surface area (Å²) in [6.07, 6.45) is 2.28. The van der Waals surface area contributed by atoms with Crippen molar-refractivity contribution >= 4 is 0 Å². The molecule has 2 aromatic carbocycles. The fraction of sp³-hybridized carbons (Fsp3) is 0.368. The van der Waals surface area contributed by atoms with Gasteiger partial charge in [0.2, 0.25) is 0 Å². The van der Waals surface area contributed by atoms with Crippen LogP contribution in [0.2, 0.25) is 0 Å². The van der Waals surface area contributed by atoms with E-state index in [0.29, 0.717) is 19.3 Å². The largest absolute Gasteiger partial charge is 0.486 e. The third-order valence-corrected chi connectivity index (χ3v) is 4.72. The van der Waals surface area contributed by atoms with Crippen LogP contribution in [0.1, 0.15) is 16.7 Å². The smallest absolute Gasteiger partial charge is 0.165 e. The van der Waals surface area contributed by atoms with Crippen LogP contribution in [0.25, 0.3) is 0 Å². The highest BCUT2D eigenvalue weighted by molar-refractivity contribution is 5.47. The summed E-state index contributed by atoms with van der Waals surface area (Å²) in [5, 5.41) is 0. The Hall–Kier alpha value is -2.00. The van der Waals surface area contributed by atoms with Crippen molar-refractivity contribution in [3.8, 4) is 11.5 Å². The minimum atomic E-state index is 0.567. The zero-order valence-corrected chi connectivity index (χ0v) is 12.9. The molecule has 0 amide bonds. The van der Waals surface area contributed by atoms with E-state index in [2.05, 4.69) is 48.3 Å². The molecule has 1 aliphatic carbocycles. The van der Waals surface area contributed by atoms with Crippen LogP contribution in [0.3, 0.4) is 0 Å². The van der Waals surface area contributed by atoms with E-state index in [0.717, 1.165) is 30.9 Å². The Morgan fingerprint density at radius 1 is 0.955 bits per heavy atom. The first-order chi connectivity index (χ1) is 10.8. The van der Waals surface area contributed by atoms with Gasteiger partial charge in [-0.3, -0.25) is 4.90 Å². The van der Waals surface area contributed by atoms with Crippen molar-refractivity contribution in [1.82, 2.24) is 4.90 Å². The van der Waals surface area contributed by atoms with Crippen molar-refractivity contribution in [3.05, 3.63) is 59.2 Å². The molecule has 114 valence electrons. The second kappa shape index (κ2) is 5.65. The van der Waals surface area contributed by atoms with Crippen molar-refractivity contribution in [2.45, 2.75) is 25.4 Å². The van der Waals surface area contributed by atoms with Gasteiger partial charge < -0.3 is 9.47 Å². The van der Waals surface area contributed by atoms with E-state index in [1.54, 1.807) is 0 Å². The van der Waals surface area contributed by atoms with E-state index in [-0.39, 0.29) is 0 Å². The van der Waals surface area contributed by atoms with Crippen molar-refractivity contribution in [2.75, 3.05) is 20.3 Å². The third-order valence-electron chi connectivity index (χ3n) is 4.72. The van der Waals surface area contributed by atoms with Gasteiger partial charge in [-0.1, -0.05) is 36.4 Å². The zero-order valence-electron chi connectivity index (χ0n) is 12.9. The summed E-state index contributed by atoms with van der Waals surface area (Å²) in [5.41, 5.74) is 4.21. The minimum Gasteiger partial charge on any atom is -0.486 e. The molecule has 0 aromatic heterocycles. The average Bonchev–Trinajstić information content (AvgIpc) is 2.99. The van der Waals surface area contributed by atoms with E-state index in [4.69, 9.17) is 9.47 Å². The molecule has 0 bridgehead atoms. The highest BCUT2D eigenvalue weighted by Crippen LogP contribution is 2.35.